The summed E-state index contributed by atoms with van der Waals surface area (Å²) in [6.07, 6.45) is 3.01. The van der Waals surface area contributed by atoms with Crippen LogP contribution >= 0.6 is 11.6 Å². The highest BCUT2D eigenvalue weighted by molar-refractivity contribution is 7.90. The van der Waals surface area contributed by atoms with Crippen LogP contribution in [-0.4, -0.2) is 29.3 Å². The number of carbonyl (C=O) groups is 1. The van der Waals surface area contributed by atoms with E-state index in [9.17, 15) is 13.2 Å². The number of sulfone groups is 1. The summed E-state index contributed by atoms with van der Waals surface area (Å²) in [4.78, 5) is 10.7. The number of hydrogen-bond acceptors (Lipinski definition) is 4. The molecule has 0 aliphatic heterocycles. The Kier molecular flexibility index (Phi) is 3.82. The van der Waals surface area contributed by atoms with Gasteiger partial charge in [-0.05, 0) is 18.2 Å². The topological polar surface area (TPSA) is 89.3 Å². The number of aromatic carboxylic acids is 1. The Hall–Kier alpha value is -1.86. The molecule has 106 valence electrons. The molecule has 0 saturated carbocycles. The molecular formula is C12H11ClN2O4S. The molecule has 0 atom stereocenters. The Bertz CT molecular complexity index is 768. The fourth-order valence-electron chi connectivity index (χ4n) is 1.72. The van der Waals surface area contributed by atoms with Gasteiger partial charge in [-0.25, -0.2) is 13.2 Å². The number of rotatable bonds is 4. The largest absolute Gasteiger partial charge is 0.478 e. The number of carboxylic acid groups (broad SMARTS) is 1. The van der Waals surface area contributed by atoms with Gasteiger partial charge in [0.25, 0.3) is 0 Å². The van der Waals surface area contributed by atoms with Crippen molar-refractivity contribution in [2.45, 2.75) is 10.6 Å². The summed E-state index contributed by atoms with van der Waals surface area (Å²) in [6, 6.07) is 3.59. The molecule has 20 heavy (non-hydrogen) atoms. The highest BCUT2D eigenvalue weighted by atomic mass is 35.5. The van der Waals surface area contributed by atoms with Crippen LogP contribution in [0.1, 0.15) is 15.9 Å². The van der Waals surface area contributed by atoms with Gasteiger partial charge in [0, 0.05) is 18.8 Å². The molecule has 0 aliphatic rings. The molecule has 1 heterocycles. The lowest BCUT2D eigenvalue weighted by Gasteiger charge is -2.06. The summed E-state index contributed by atoms with van der Waals surface area (Å²) < 4.78 is 26.1. The minimum atomic E-state index is -3.74. The first-order valence-electron chi connectivity index (χ1n) is 5.53. The van der Waals surface area contributed by atoms with Gasteiger partial charge in [-0.1, -0.05) is 11.6 Å². The molecule has 0 amide bonds. The maximum atomic E-state index is 12.3. The first kappa shape index (κ1) is 14.5. The van der Waals surface area contributed by atoms with Crippen LogP contribution in [0.25, 0.3) is 0 Å². The van der Waals surface area contributed by atoms with E-state index in [0.29, 0.717) is 5.56 Å². The summed E-state index contributed by atoms with van der Waals surface area (Å²) in [5.41, 5.74) is 0.378. The summed E-state index contributed by atoms with van der Waals surface area (Å²) in [5.74, 6) is -1.50. The molecular weight excluding hydrogens is 304 g/mol. The average Bonchev–Trinajstić information content (AvgIpc) is 2.73. The summed E-state index contributed by atoms with van der Waals surface area (Å²) in [5, 5.41) is 12.8. The third kappa shape index (κ3) is 3.00. The van der Waals surface area contributed by atoms with Crippen molar-refractivity contribution in [3.8, 4) is 0 Å². The fourth-order valence-corrected chi connectivity index (χ4v) is 3.60. The number of carboxylic acids is 1. The van der Waals surface area contributed by atoms with Gasteiger partial charge in [0.2, 0.25) is 0 Å². The highest BCUT2D eigenvalue weighted by Crippen LogP contribution is 2.26. The van der Waals surface area contributed by atoms with Crippen LogP contribution in [-0.2, 0) is 22.6 Å². The predicted octanol–water partition coefficient (Wildman–Crippen LogP) is 1.75. The molecule has 0 radical (unpaired) electrons. The van der Waals surface area contributed by atoms with E-state index >= 15 is 0 Å². The standard InChI is InChI=1S/C12H11ClN2O4S/c1-15-6-8(5-14-15)7-20(18,19)11-4-9(12(16)17)2-3-10(11)13/h2-6H,7H2,1H3,(H,16,17). The van der Waals surface area contributed by atoms with E-state index in [4.69, 9.17) is 16.7 Å². The molecule has 0 saturated heterocycles. The zero-order valence-corrected chi connectivity index (χ0v) is 12.0. The maximum absolute atomic E-state index is 12.3. The van der Waals surface area contributed by atoms with Gasteiger partial charge in [0.1, 0.15) is 0 Å². The molecule has 2 rings (SSSR count). The Morgan fingerprint density at radius 2 is 2.15 bits per heavy atom. The Labute approximate surface area is 120 Å². The van der Waals surface area contributed by atoms with Crippen LogP contribution in [0.2, 0.25) is 5.02 Å². The molecule has 0 aliphatic carbocycles. The monoisotopic (exact) mass is 314 g/mol. The molecule has 1 aromatic carbocycles. The first-order chi connectivity index (χ1) is 9.29. The van der Waals surface area contributed by atoms with Crippen molar-refractivity contribution in [1.29, 1.82) is 0 Å². The van der Waals surface area contributed by atoms with Crippen LogP contribution in [0.3, 0.4) is 0 Å². The van der Waals surface area contributed by atoms with Gasteiger partial charge < -0.3 is 5.11 Å². The smallest absolute Gasteiger partial charge is 0.335 e. The van der Waals surface area contributed by atoms with E-state index in [-0.39, 0.29) is 21.2 Å². The lowest BCUT2D eigenvalue weighted by Crippen LogP contribution is -2.07. The minimum Gasteiger partial charge on any atom is -0.478 e. The lowest BCUT2D eigenvalue weighted by atomic mass is 10.2. The van der Waals surface area contributed by atoms with Gasteiger partial charge in [-0.2, -0.15) is 5.10 Å². The van der Waals surface area contributed by atoms with Crippen LogP contribution in [0.4, 0.5) is 0 Å². The van der Waals surface area contributed by atoms with Gasteiger partial charge in [0.05, 0.1) is 27.4 Å². The van der Waals surface area contributed by atoms with Crippen molar-refractivity contribution in [3.05, 3.63) is 46.7 Å². The van der Waals surface area contributed by atoms with Crippen molar-refractivity contribution in [2.75, 3.05) is 0 Å². The van der Waals surface area contributed by atoms with E-state index in [2.05, 4.69) is 5.10 Å². The molecule has 8 heteroatoms. The molecule has 6 nitrogen and oxygen atoms in total. The fraction of sp³-hybridized carbons (Fsp3) is 0.167. The van der Waals surface area contributed by atoms with Gasteiger partial charge >= 0.3 is 5.97 Å². The second-order valence-corrected chi connectivity index (χ2v) is 6.60. The predicted molar refractivity (Wildman–Crippen MR) is 72.5 cm³/mol. The molecule has 0 bridgehead atoms. The normalized spacial score (nSPS) is 11.5. The number of aryl methyl sites for hydroxylation is 1. The van der Waals surface area contributed by atoms with Crippen LogP contribution in [0, 0.1) is 0 Å². The van der Waals surface area contributed by atoms with Crippen LogP contribution in [0.5, 0.6) is 0 Å². The minimum absolute atomic E-state index is 0.00103. The number of halogens is 1. The van der Waals surface area contributed by atoms with Gasteiger partial charge in [0.15, 0.2) is 9.84 Å². The quantitative estimate of drug-likeness (QED) is 0.928. The lowest BCUT2D eigenvalue weighted by molar-refractivity contribution is 0.0696. The third-order valence-electron chi connectivity index (χ3n) is 2.63. The molecule has 0 spiro atoms. The zero-order valence-electron chi connectivity index (χ0n) is 10.4. The molecule has 1 aromatic heterocycles. The van der Waals surface area contributed by atoms with Crippen LogP contribution < -0.4 is 0 Å². The molecule has 1 N–H and O–H groups in total. The van der Waals surface area contributed by atoms with Gasteiger partial charge in [-0.3, -0.25) is 4.68 Å². The maximum Gasteiger partial charge on any atom is 0.335 e. The van der Waals surface area contributed by atoms with Gasteiger partial charge in [-0.15, -0.1) is 0 Å². The summed E-state index contributed by atoms with van der Waals surface area (Å²) in [7, 11) is -2.06. The van der Waals surface area contributed by atoms with E-state index in [1.165, 1.54) is 23.0 Å². The van der Waals surface area contributed by atoms with E-state index in [1.807, 2.05) is 0 Å². The molecule has 2 aromatic rings. The number of nitrogens with zero attached hydrogens (tertiary/aromatic N) is 2. The van der Waals surface area contributed by atoms with E-state index in [0.717, 1.165) is 6.07 Å². The van der Waals surface area contributed by atoms with Crippen molar-refractivity contribution in [3.63, 3.8) is 0 Å². The zero-order chi connectivity index (χ0) is 14.9. The molecule has 0 fully saturated rings. The average molecular weight is 315 g/mol. The second-order valence-electron chi connectivity index (χ2n) is 4.23. The summed E-state index contributed by atoms with van der Waals surface area (Å²) in [6.45, 7) is 0. The Morgan fingerprint density at radius 1 is 1.45 bits per heavy atom. The second kappa shape index (κ2) is 5.26. The van der Waals surface area contributed by atoms with Crippen molar-refractivity contribution in [2.24, 2.45) is 7.05 Å². The highest BCUT2D eigenvalue weighted by Gasteiger charge is 2.21. The Morgan fingerprint density at radius 3 is 2.70 bits per heavy atom. The summed E-state index contributed by atoms with van der Waals surface area (Å²) >= 11 is 5.86. The first-order valence-corrected chi connectivity index (χ1v) is 7.56. The SMILES string of the molecule is Cn1cc(CS(=O)(=O)c2cc(C(=O)O)ccc2Cl)cn1. The van der Waals surface area contributed by atoms with Crippen molar-refractivity contribution < 1.29 is 18.3 Å². The van der Waals surface area contributed by atoms with Crippen molar-refractivity contribution >= 4 is 27.4 Å². The van der Waals surface area contributed by atoms with E-state index in [1.54, 1.807) is 13.2 Å². The van der Waals surface area contributed by atoms with Crippen molar-refractivity contribution in [1.82, 2.24) is 9.78 Å². The number of benzene rings is 1. The Balaban J connectivity index is 2.43. The van der Waals surface area contributed by atoms with Crippen LogP contribution in [0.15, 0.2) is 35.5 Å². The number of aromatic nitrogens is 2. The van der Waals surface area contributed by atoms with E-state index < -0.39 is 15.8 Å². The molecule has 0 unspecified atom stereocenters. The number of hydrogen-bond donors (Lipinski definition) is 1. The third-order valence-corrected chi connectivity index (χ3v) is 4.79.